The summed E-state index contributed by atoms with van der Waals surface area (Å²) < 4.78 is 2.93. The summed E-state index contributed by atoms with van der Waals surface area (Å²) in [6, 6.07) is 0. The fourth-order valence-corrected chi connectivity index (χ4v) is 0.663. The third-order valence-corrected chi connectivity index (χ3v) is 1.06. The smallest absolute Gasteiger partial charge is 0.896 e. The van der Waals surface area contributed by atoms with Crippen molar-refractivity contribution in [1.29, 1.82) is 0 Å². The number of rotatable bonds is 0. The molecule has 1 rings (SSSR count). The van der Waals surface area contributed by atoms with Gasteiger partial charge in [-0.3, -0.25) is 0 Å². The van der Waals surface area contributed by atoms with Crippen molar-refractivity contribution in [3.8, 4) is 0 Å². The second-order valence-electron chi connectivity index (χ2n) is 1.04. The molecule has 58 valence electrons. The van der Waals surface area contributed by atoms with E-state index >= 15 is 0 Å². The molecular weight excluding hydrogens is 177 g/mol. The predicted octanol–water partition coefficient (Wildman–Crippen LogP) is -2.97. The molecule has 0 radical (unpaired) electrons. The van der Waals surface area contributed by atoms with Gasteiger partial charge in [-0.1, -0.05) is 6.08 Å². The van der Waals surface area contributed by atoms with E-state index < -0.39 is 7.69 Å². The first kappa shape index (κ1) is 17.4. The molecule has 0 aromatic rings. The average molecular weight is 185 g/mol. The third-order valence-electron chi connectivity index (χ3n) is 0.490. The zero-order valence-corrected chi connectivity index (χ0v) is 8.18. The van der Waals surface area contributed by atoms with Gasteiger partial charge in [0.1, 0.15) is 0 Å². The van der Waals surface area contributed by atoms with Gasteiger partial charge >= 0.3 is 23.1 Å². The summed E-state index contributed by atoms with van der Waals surface area (Å²) in [5.74, 6) is 0. The van der Waals surface area contributed by atoms with Gasteiger partial charge in [0.15, 0.2) is 0 Å². The molecule has 7 heteroatoms. The Morgan fingerprint density at radius 2 is 1.82 bits per heavy atom. The van der Waals surface area contributed by atoms with Gasteiger partial charge in [0.2, 0.25) is 0 Å². The van der Waals surface area contributed by atoms with Crippen LogP contribution in [0.15, 0.2) is 23.8 Å². The zero-order chi connectivity index (χ0) is 6.95. The first-order valence-corrected chi connectivity index (χ1v) is 3.19. The Labute approximate surface area is 86.7 Å². The molecule has 0 saturated heterocycles. The minimum Gasteiger partial charge on any atom is -0.896 e. The fraction of sp³-hybridized carbons (Fsp3) is 0. The van der Waals surface area contributed by atoms with Crippen LogP contribution < -0.4 is 14.8 Å². The summed E-state index contributed by atoms with van der Waals surface area (Å²) in [5.41, 5.74) is 0. The zero-order valence-electron chi connectivity index (χ0n) is 5.95. The summed E-state index contributed by atoms with van der Waals surface area (Å²) in [5, 5.41) is 18.7. The SMILES string of the molecule is C1=CNSC=C1.O.[Mg+2].[O-]B[O-]. The predicted molar refractivity (Wildman–Crippen MR) is 45.5 cm³/mol. The van der Waals surface area contributed by atoms with E-state index in [9.17, 15) is 0 Å². The van der Waals surface area contributed by atoms with E-state index in [0.29, 0.717) is 0 Å². The van der Waals surface area contributed by atoms with E-state index in [4.69, 9.17) is 10.0 Å². The fourth-order valence-electron chi connectivity index (χ4n) is 0.258. The largest absolute Gasteiger partial charge is 2.00 e. The molecule has 3 N–H and O–H groups in total. The van der Waals surface area contributed by atoms with E-state index in [0.717, 1.165) is 0 Å². The van der Waals surface area contributed by atoms with Gasteiger partial charge < -0.3 is 20.2 Å². The quantitative estimate of drug-likeness (QED) is 0.322. The number of hydrogen-bond acceptors (Lipinski definition) is 4. The third kappa shape index (κ3) is 17.9. The van der Waals surface area contributed by atoms with Crippen molar-refractivity contribution in [2.24, 2.45) is 0 Å². The molecule has 0 aromatic carbocycles. The Hall–Kier alpha value is 0.341. The van der Waals surface area contributed by atoms with Crippen LogP contribution in [0.3, 0.4) is 0 Å². The van der Waals surface area contributed by atoms with Crippen LogP contribution in [0.5, 0.6) is 0 Å². The summed E-state index contributed by atoms with van der Waals surface area (Å²) in [4.78, 5) is 0. The Morgan fingerprint density at radius 3 is 1.91 bits per heavy atom. The first-order valence-electron chi connectivity index (χ1n) is 2.31. The van der Waals surface area contributed by atoms with Crippen molar-refractivity contribution in [2.45, 2.75) is 0 Å². The molecule has 11 heavy (non-hydrogen) atoms. The van der Waals surface area contributed by atoms with Crippen LogP contribution in [0.25, 0.3) is 0 Å². The molecule has 1 aliphatic rings. The minimum atomic E-state index is -1.25. The van der Waals surface area contributed by atoms with Gasteiger partial charge in [-0.25, -0.2) is 0 Å². The average Bonchev–Trinajstić information content (AvgIpc) is 1.93. The maximum absolute atomic E-state index is 8.38. The minimum absolute atomic E-state index is 0. The van der Waals surface area contributed by atoms with Crippen molar-refractivity contribution < 1.29 is 15.5 Å². The Bertz CT molecular complexity index is 102. The Kier molecular flexibility index (Phi) is 26.5. The summed E-state index contributed by atoms with van der Waals surface area (Å²) >= 11 is 1.58. The van der Waals surface area contributed by atoms with Crippen LogP contribution in [0.1, 0.15) is 0 Å². The molecule has 0 spiro atoms. The van der Waals surface area contributed by atoms with E-state index in [2.05, 4.69) is 4.72 Å². The van der Waals surface area contributed by atoms with Gasteiger partial charge in [0.25, 0.3) is 0 Å². The topological polar surface area (TPSA) is 89.7 Å². The summed E-state index contributed by atoms with van der Waals surface area (Å²) in [6.07, 6.45) is 5.84. The van der Waals surface area contributed by atoms with E-state index in [1.165, 1.54) is 0 Å². The molecule has 0 saturated carbocycles. The van der Waals surface area contributed by atoms with Crippen LogP contribution in [-0.4, -0.2) is 36.2 Å². The maximum Gasteiger partial charge on any atom is 2.00 e. The van der Waals surface area contributed by atoms with Crippen molar-refractivity contribution in [3.63, 3.8) is 0 Å². The second kappa shape index (κ2) is 16.7. The van der Waals surface area contributed by atoms with Gasteiger partial charge in [-0.2, -0.15) is 0 Å². The van der Waals surface area contributed by atoms with Gasteiger partial charge in [-0.15, -0.1) is 7.69 Å². The van der Waals surface area contributed by atoms with Crippen LogP contribution in [0, 0.1) is 0 Å². The molecule has 0 unspecified atom stereocenters. The standard InChI is InChI=1S/C4H5NS.BHO2.Mg.H2O/c1-2-4-6-5-3-1;2-1-3;;/h1-5H;1H;;1H2/q;-2;+2;. The first-order chi connectivity index (χ1) is 4.41. The van der Waals surface area contributed by atoms with Gasteiger partial charge in [-0.05, 0) is 23.4 Å². The van der Waals surface area contributed by atoms with Crippen LogP contribution in [0.4, 0.5) is 0 Å². The second-order valence-corrected chi connectivity index (χ2v) is 1.78. The van der Waals surface area contributed by atoms with E-state index in [1.807, 2.05) is 23.8 Å². The molecule has 0 atom stereocenters. The summed E-state index contributed by atoms with van der Waals surface area (Å²) in [6.45, 7) is 0. The van der Waals surface area contributed by atoms with Crippen molar-refractivity contribution in [1.82, 2.24) is 4.72 Å². The molecule has 4 nitrogen and oxygen atoms in total. The normalized spacial score (nSPS) is 10.7. The van der Waals surface area contributed by atoms with E-state index in [1.54, 1.807) is 11.9 Å². The molecule has 0 aliphatic carbocycles. The maximum atomic E-state index is 8.38. The number of hydrogen-bond donors (Lipinski definition) is 1. The van der Waals surface area contributed by atoms with Crippen molar-refractivity contribution in [3.05, 3.63) is 23.8 Å². The number of nitrogens with one attached hydrogen (secondary N) is 1. The van der Waals surface area contributed by atoms with Crippen molar-refractivity contribution in [2.75, 3.05) is 0 Å². The molecule has 1 aliphatic heterocycles. The van der Waals surface area contributed by atoms with E-state index in [-0.39, 0.29) is 28.5 Å². The van der Waals surface area contributed by atoms with Crippen LogP contribution >= 0.6 is 11.9 Å². The molecule has 0 bridgehead atoms. The van der Waals surface area contributed by atoms with Crippen LogP contribution in [0.2, 0.25) is 0 Å². The monoisotopic (exact) mass is 185 g/mol. The Balaban J connectivity index is -0.000000116. The number of allylic oxidation sites excluding steroid dienone is 2. The molecule has 0 amide bonds. The Morgan fingerprint density at radius 1 is 1.27 bits per heavy atom. The molecule has 0 fully saturated rings. The molecule has 1 heterocycles. The van der Waals surface area contributed by atoms with Crippen LogP contribution in [-0.2, 0) is 0 Å². The van der Waals surface area contributed by atoms with Gasteiger partial charge in [0, 0.05) is 6.20 Å². The van der Waals surface area contributed by atoms with Gasteiger partial charge in [0.05, 0.1) is 0 Å². The van der Waals surface area contributed by atoms with Crippen molar-refractivity contribution >= 4 is 42.7 Å². The molecular formula is C4H8BMgNO3S. The molecule has 0 aromatic heterocycles. The summed E-state index contributed by atoms with van der Waals surface area (Å²) in [7, 11) is -1.25.